The van der Waals surface area contributed by atoms with Crippen molar-refractivity contribution in [2.75, 3.05) is 0 Å². The third-order valence-corrected chi connectivity index (χ3v) is 15.1. The Bertz CT molecular complexity index is 1250. The molecule has 1 aromatic rings. The third kappa shape index (κ3) is 10.8. The first-order valence-electron chi connectivity index (χ1n) is 16.8. The summed E-state index contributed by atoms with van der Waals surface area (Å²) in [7, 11) is -2.10. The topological polar surface area (TPSA) is 66.9 Å². The molecule has 0 bridgehead atoms. The van der Waals surface area contributed by atoms with E-state index in [1.165, 1.54) is 5.57 Å². The number of carbonyl (C=O) groups is 1. The Morgan fingerprint density at radius 3 is 2.30 bits per heavy atom. The minimum atomic E-state index is -2.10. The molecular formula is C38H63NO5SSi. The van der Waals surface area contributed by atoms with Crippen molar-refractivity contribution in [2.45, 2.75) is 151 Å². The van der Waals surface area contributed by atoms with Crippen molar-refractivity contribution < 1.29 is 23.4 Å². The van der Waals surface area contributed by atoms with Crippen molar-refractivity contribution in [1.29, 1.82) is 0 Å². The van der Waals surface area contributed by atoms with Gasteiger partial charge in [0.1, 0.15) is 6.10 Å². The van der Waals surface area contributed by atoms with E-state index in [-0.39, 0.29) is 41.5 Å². The van der Waals surface area contributed by atoms with Crippen LogP contribution in [0.25, 0.3) is 6.08 Å². The monoisotopic (exact) mass is 673 g/mol. The quantitative estimate of drug-likeness (QED) is 0.105. The molecule has 1 aromatic heterocycles. The summed E-state index contributed by atoms with van der Waals surface area (Å²) in [4.78, 5) is 18.3. The minimum Gasteiger partial charge on any atom is -0.457 e. The Kier molecular flexibility index (Phi) is 14.1. The molecule has 2 rings (SSSR count). The molecule has 0 unspecified atom stereocenters. The van der Waals surface area contributed by atoms with Gasteiger partial charge in [-0.1, -0.05) is 72.3 Å². The molecular weight excluding hydrogens is 611 g/mol. The van der Waals surface area contributed by atoms with E-state index in [0.29, 0.717) is 6.42 Å². The second kappa shape index (κ2) is 16.0. The SMILES string of the molecule is C=CC/C(C)=C\C[C@H](OC(=O)C[C@@H]1OC(C)(C)O[C@H]([C@H](C)[C@@H](O[Si](C)(C)C(C)(C)C)[C@@H](C)C=C)C1(C)C)/C(C)=C/c1csc(C)n1. The van der Waals surface area contributed by atoms with Crippen LogP contribution < -0.4 is 0 Å². The number of carbonyl (C=O) groups excluding carboxylic acids is 1. The Labute approximate surface area is 285 Å². The number of esters is 1. The highest BCUT2D eigenvalue weighted by Gasteiger charge is 2.54. The van der Waals surface area contributed by atoms with Crippen LogP contribution in [-0.2, 0) is 23.4 Å². The van der Waals surface area contributed by atoms with Gasteiger partial charge in [0.25, 0.3) is 0 Å². The number of thiazole rings is 1. The first-order chi connectivity index (χ1) is 21.0. The van der Waals surface area contributed by atoms with Gasteiger partial charge in [0.15, 0.2) is 14.1 Å². The van der Waals surface area contributed by atoms with E-state index in [4.69, 9.17) is 18.6 Å². The average molecular weight is 674 g/mol. The first-order valence-corrected chi connectivity index (χ1v) is 20.6. The Morgan fingerprint density at radius 1 is 1.15 bits per heavy atom. The van der Waals surface area contributed by atoms with Crippen LogP contribution in [0.1, 0.15) is 106 Å². The van der Waals surface area contributed by atoms with Crippen LogP contribution in [0, 0.1) is 24.2 Å². The van der Waals surface area contributed by atoms with Crippen molar-refractivity contribution in [3.05, 3.63) is 58.6 Å². The summed E-state index contributed by atoms with van der Waals surface area (Å²) in [6, 6.07) is 0. The van der Waals surface area contributed by atoms with Crippen LogP contribution in [0.2, 0.25) is 18.1 Å². The summed E-state index contributed by atoms with van der Waals surface area (Å²) in [5.74, 6) is -1.05. The molecule has 0 N–H and O–H groups in total. The van der Waals surface area contributed by atoms with E-state index >= 15 is 0 Å². The molecule has 0 radical (unpaired) electrons. The van der Waals surface area contributed by atoms with Gasteiger partial charge in [0.2, 0.25) is 0 Å². The molecule has 1 fully saturated rings. The van der Waals surface area contributed by atoms with E-state index < -0.39 is 31.7 Å². The number of aromatic nitrogens is 1. The first kappa shape index (κ1) is 40.3. The van der Waals surface area contributed by atoms with Crippen LogP contribution in [0.4, 0.5) is 0 Å². The zero-order valence-corrected chi connectivity index (χ0v) is 33.1. The molecule has 0 saturated carbocycles. The Hall–Kier alpha value is -1.84. The number of aryl methyl sites for hydroxylation is 1. The summed E-state index contributed by atoms with van der Waals surface area (Å²) in [5.41, 5.74) is 2.50. The fraction of sp³-hybridized carbons (Fsp3) is 0.684. The second-order valence-electron chi connectivity index (χ2n) is 15.8. The highest BCUT2D eigenvalue weighted by Crippen LogP contribution is 2.47. The van der Waals surface area contributed by atoms with Crippen molar-refractivity contribution in [1.82, 2.24) is 4.98 Å². The molecule has 260 valence electrons. The molecule has 0 aromatic carbocycles. The predicted octanol–water partition coefficient (Wildman–Crippen LogP) is 10.5. The van der Waals surface area contributed by atoms with Crippen LogP contribution >= 0.6 is 11.3 Å². The fourth-order valence-electron chi connectivity index (χ4n) is 5.85. The van der Waals surface area contributed by atoms with E-state index in [0.717, 1.165) is 22.7 Å². The van der Waals surface area contributed by atoms with Crippen LogP contribution in [-0.4, -0.2) is 49.5 Å². The van der Waals surface area contributed by atoms with Gasteiger partial charge < -0.3 is 18.6 Å². The highest BCUT2D eigenvalue weighted by molar-refractivity contribution is 7.09. The summed E-state index contributed by atoms with van der Waals surface area (Å²) in [6.07, 6.45) is 8.31. The lowest BCUT2D eigenvalue weighted by Crippen LogP contribution is -2.61. The molecule has 1 saturated heterocycles. The van der Waals surface area contributed by atoms with E-state index in [2.05, 4.69) is 92.7 Å². The largest absolute Gasteiger partial charge is 0.457 e. The molecule has 0 spiro atoms. The molecule has 46 heavy (non-hydrogen) atoms. The van der Waals surface area contributed by atoms with Crippen molar-refractivity contribution >= 4 is 31.7 Å². The summed E-state index contributed by atoms with van der Waals surface area (Å²) in [5, 5.41) is 3.08. The van der Waals surface area contributed by atoms with Crippen molar-refractivity contribution in [3.63, 3.8) is 0 Å². The zero-order valence-electron chi connectivity index (χ0n) is 31.3. The van der Waals surface area contributed by atoms with Crippen LogP contribution in [0.3, 0.4) is 0 Å². The Morgan fingerprint density at radius 2 is 1.78 bits per heavy atom. The third-order valence-electron chi connectivity index (χ3n) is 9.82. The van der Waals surface area contributed by atoms with E-state index in [1.807, 2.05) is 51.3 Å². The number of ether oxygens (including phenoxy) is 3. The number of rotatable bonds is 15. The molecule has 0 aliphatic carbocycles. The maximum atomic E-state index is 13.8. The molecule has 8 heteroatoms. The maximum Gasteiger partial charge on any atom is 0.309 e. The molecule has 2 heterocycles. The van der Waals surface area contributed by atoms with Crippen molar-refractivity contribution in [3.8, 4) is 0 Å². The molecule has 1 aliphatic heterocycles. The van der Waals surface area contributed by atoms with Crippen LogP contribution in [0.15, 0.2) is 47.9 Å². The van der Waals surface area contributed by atoms with Gasteiger partial charge in [-0.15, -0.1) is 24.5 Å². The fourth-order valence-corrected chi connectivity index (χ4v) is 7.88. The molecule has 0 amide bonds. The van der Waals surface area contributed by atoms with Gasteiger partial charge >= 0.3 is 5.97 Å². The lowest BCUT2D eigenvalue weighted by molar-refractivity contribution is -0.353. The molecule has 6 nitrogen and oxygen atoms in total. The lowest BCUT2D eigenvalue weighted by atomic mass is 9.70. The van der Waals surface area contributed by atoms with Gasteiger partial charge in [-0.3, -0.25) is 4.79 Å². The van der Waals surface area contributed by atoms with E-state index in [1.54, 1.807) is 11.3 Å². The summed E-state index contributed by atoms with van der Waals surface area (Å²) in [6.45, 7) is 37.9. The van der Waals surface area contributed by atoms with Gasteiger partial charge in [-0.25, -0.2) is 4.98 Å². The van der Waals surface area contributed by atoms with Gasteiger partial charge in [-0.2, -0.15) is 0 Å². The van der Waals surface area contributed by atoms with E-state index in [9.17, 15) is 4.79 Å². The van der Waals surface area contributed by atoms with Crippen molar-refractivity contribution in [2.24, 2.45) is 17.3 Å². The highest BCUT2D eigenvalue weighted by atomic mass is 32.1. The average Bonchev–Trinajstić information content (AvgIpc) is 3.34. The number of hydrogen-bond donors (Lipinski definition) is 0. The number of hydrogen-bond acceptors (Lipinski definition) is 7. The minimum absolute atomic E-state index is 0.0105. The number of nitrogens with zero attached hydrogens (tertiary/aromatic N) is 1. The lowest BCUT2D eigenvalue weighted by Gasteiger charge is -2.54. The molecule has 1 aliphatic rings. The normalized spacial score (nSPS) is 23.3. The zero-order chi connectivity index (χ0) is 35.3. The van der Waals surface area contributed by atoms with Crippen LogP contribution in [0.5, 0.6) is 0 Å². The van der Waals surface area contributed by atoms with Gasteiger partial charge in [0.05, 0.1) is 35.4 Å². The molecule has 6 atom stereocenters. The second-order valence-corrected chi connectivity index (χ2v) is 21.6. The summed E-state index contributed by atoms with van der Waals surface area (Å²) >= 11 is 1.60. The van der Waals surface area contributed by atoms with Gasteiger partial charge in [0, 0.05) is 23.1 Å². The predicted molar refractivity (Wildman–Crippen MR) is 196 cm³/mol. The Balaban J connectivity index is 2.38. The van der Waals surface area contributed by atoms with Gasteiger partial charge in [-0.05, 0) is 76.7 Å². The smallest absolute Gasteiger partial charge is 0.309 e. The summed E-state index contributed by atoms with van der Waals surface area (Å²) < 4.78 is 26.5. The standard InChI is InChI=1S/C38H63NO5SSi/c1-17-19-25(3)20-21-31(27(5)22-30-24-45-29(7)39-30)41-33(40)23-32-37(11,12)35(43-38(13,14)42-32)28(6)34(26(4)18-2)44-46(15,16)36(8,9)10/h17-18,20,22,24,26,28,31-32,34-35H,1-2,19,21,23H2,3-16H3/b25-20-,27-22+/t26-,28+,31-,32-,34-,35+/m0/s1. The number of allylic oxidation sites excluding steroid dienone is 2. The maximum absolute atomic E-state index is 13.8.